The quantitative estimate of drug-likeness (QED) is 0.504. The molecular weight excluding hydrogens is 455 g/mol. The summed E-state index contributed by atoms with van der Waals surface area (Å²) in [6.45, 7) is 1.86. The molecule has 0 radical (unpaired) electrons. The maximum atomic E-state index is 13.4. The number of carbonyl (C=O) groups is 1. The number of piperidine rings is 1. The Morgan fingerprint density at radius 1 is 1.18 bits per heavy atom. The average Bonchev–Trinajstić information content (AvgIpc) is 2.84. The van der Waals surface area contributed by atoms with Crippen LogP contribution in [0.3, 0.4) is 0 Å². The van der Waals surface area contributed by atoms with Gasteiger partial charge in [-0.15, -0.1) is 0 Å². The molecule has 178 valence electrons. The molecule has 4 rings (SSSR count). The van der Waals surface area contributed by atoms with Crippen LogP contribution >= 0.6 is 11.6 Å². The van der Waals surface area contributed by atoms with Gasteiger partial charge in [-0.1, -0.05) is 29.8 Å². The highest BCUT2D eigenvalue weighted by molar-refractivity contribution is 6.32. The minimum absolute atomic E-state index is 0.0235. The van der Waals surface area contributed by atoms with Crippen molar-refractivity contribution in [3.05, 3.63) is 76.7 Å². The van der Waals surface area contributed by atoms with Gasteiger partial charge in [0.05, 0.1) is 6.20 Å². The van der Waals surface area contributed by atoms with E-state index in [-0.39, 0.29) is 11.7 Å². The second-order valence-corrected chi connectivity index (χ2v) is 8.97. The number of hydrogen-bond donors (Lipinski definition) is 2. The van der Waals surface area contributed by atoms with Gasteiger partial charge in [0.2, 0.25) is 5.95 Å². The summed E-state index contributed by atoms with van der Waals surface area (Å²) in [5.41, 5.74) is 2.09. The molecule has 2 N–H and O–H groups in total. The molecule has 3 aromatic rings. The number of rotatable bonds is 7. The van der Waals surface area contributed by atoms with Crippen LogP contribution in [-0.2, 0) is 6.54 Å². The van der Waals surface area contributed by atoms with E-state index in [0.717, 1.165) is 31.5 Å². The first kappa shape index (κ1) is 23.9. The Morgan fingerprint density at radius 2 is 1.94 bits per heavy atom. The lowest BCUT2D eigenvalue weighted by Crippen LogP contribution is -2.44. The van der Waals surface area contributed by atoms with Crippen LogP contribution in [0.4, 0.5) is 21.8 Å². The lowest BCUT2D eigenvalue weighted by atomic mass is 10.0. The molecule has 34 heavy (non-hydrogen) atoms. The molecule has 1 aliphatic rings. The molecule has 0 aliphatic carbocycles. The van der Waals surface area contributed by atoms with Gasteiger partial charge in [-0.3, -0.25) is 4.79 Å². The number of benzene rings is 2. The smallest absolute Gasteiger partial charge is 0.253 e. The fourth-order valence-corrected chi connectivity index (χ4v) is 4.17. The van der Waals surface area contributed by atoms with Crippen LogP contribution in [0.1, 0.15) is 28.8 Å². The molecule has 1 fully saturated rings. The standard InChI is InChI=1S/C25H28ClFN6O/c1-32(2)21-9-11-33(12-10-21)24(34)18-6-4-8-20(14-18)30-25-29-16-22(26)23(31-25)28-15-17-5-3-7-19(27)13-17/h3-8,13-14,16,21H,9-12,15H2,1-2H3,(H2,28,29,30,31). The van der Waals surface area contributed by atoms with E-state index in [0.29, 0.717) is 40.6 Å². The van der Waals surface area contributed by atoms with Crippen molar-refractivity contribution in [2.75, 3.05) is 37.8 Å². The van der Waals surface area contributed by atoms with E-state index in [2.05, 4.69) is 39.6 Å². The molecule has 1 saturated heterocycles. The Morgan fingerprint density at radius 3 is 2.68 bits per heavy atom. The van der Waals surface area contributed by atoms with E-state index in [9.17, 15) is 9.18 Å². The fourth-order valence-electron chi connectivity index (χ4n) is 4.01. The monoisotopic (exact) mass is 482 g/mol. The van der Waals surface area contributed by atoms with E-state index in [1.807, 2.05) is 29.2 Å². The summed E-state index contributed by atoms with van der Waals surface area (Å²) in [4.78, 5) is 25.8. The van der Waals surface area contributed by atoms with Crippen molar-refractivity contribution in [1.82, 2.24) is 19.8 Å². The van der Waals surface area contributed by atoms with Gasteiger partial charge in [0.25, 0.3) is 5.91 Å². The number of nitrogens with one attached hydrogen (secondary N) is 2. The van der Waals surface area contributed by atoms with Gasteiger partial charge in [-0.2, -0.15) is 4.98 Å². The van der Waals surface area contributed by atoms with Crippen LogP contribution in [0.5, 0.6) is 0 Å². The van der Waals surface area contributed by atoms with Crippen LogP contribution in [0, 0.1) is 5.82 Å². The van der Waals surface area contributed by atoms with Crippen molar-refractivity contribution < 1.29 is 9.18 Å². The Kier molecular flexibility index (Phi) is 7.59. The maximum absolute atomic E-state index is 13.4. The first-order valence-corrected chi connectivity index (χ1v) is 11.6. The number of amides is 1. The van der Waals surface area contributed by atoms with Crippen LogP contribution in [0.2, 0.25) is 5.02 Å². The van der Waals surface area contributed by atoms with Gasteiger partial charge in [0, 0.05) is 36.9 Å². The van der Waals surface area contributed by atoms with Crippen LogP contribution in [0.25, 0.3) is 0 Å². The maximum Gasteiger partial charge on any atom is 0.253 e. The molecule has 9 heteroatoms. The zero-order valence-electron chi connectivity index (χ0n) is 19.3. The number of aromatic nitrogens is 2. The molecule has 1 aliphatic heterocycles. The van der Waals surface area contributed by atoms with E-state index in [4.69, 9.17) is 11.6 Å². The number of nitrogens with zero attached hydrogens (tertiary/aromatic N) is 4. The van der Waals surface area contributed by atoms with Crippen molar-refractivity contribution >= 4 is 35.0 Å². The van der Waals surface area contributed by atoms with Crippen molar-refractivity contribution in [3.63, 3.8) is 0 Å². The van der Waals surface area contributed by atoms with Gasteiger partial charge in [0.1, 0.15) is 10.8 Å². The number of hydrogen-bond acceptors (Lipinski definition) is 6. The second-order valence-electron chi connectivity index (χ2n) is 8.57. The van der Waals surface area contributed by atoms with Gasteiger partial charge >= 0.3 is 0 Å². The lowest BCUT2D eigenvalue weighted by Gasteiger charge is -2.35. The topological polar surface area (TPSA) is 73.4 Å². The van der Waals surface area contributed by atoms with Gasteiger partial charge < -0.3 is 20.4 Å². The molecule has 0 atom stereocenters. The molecule has 0 saturated carbocycles. The van der Waals surface area contributed by atoms with Gasteiger partial charge in [0.15, 0.2) is 5.82 Å². The third kappa shape index (κ3) is 6.01. The molecule has 0 unspecified atom stereocenters. The minimum Gasteiger partial charge on any atom is -0.365 e. The van der Waals surface area contributed by atoms with E-state index in [1.165, 1.54) is 18.3 Å². The zero-order chi connectivity index (χ0) is 24.1. The molecule has 7 nitrogen and oxygen atoms in total. The summed E-state index contributed by atoms with van der Waals surface area (Å²) < 4.78 is 13.4. The number of halogens is 2. The second kappa shape index (κ2) is 10.8. The third-order valence-electron chi connectivity index (χ3n) is 5.94. The molecule has 2 heterocycles. The number of anilines is 3. The van der Waals surface area contributed by atoms with Crippen LogP contribution in [-0.4, -0.2) is 58.9 Å². The molecule has 0 spiro atoms. The van der Waals surface area contributed by atoms with Crippen molar-refractivity contribution in [3.8, 4) is 0 Å². The molecule has 1 amide bonds. The highest BCUT2D eigenvalue weighted by atomic mass is 35.5. The highest BCUT2D eigenvalue weighted by Gasteiger charge is 2.24. The lowest BCUT2D eigenvalue weighted by molar-refractivity contribution is 0.0663. The van der Waals surface area contributed by atoms with Crippen molar-refractivity contribution in [1.29, 1.82) is 0 Å². The summed E-state index contributed by atoms with van der Waals surface area (Å²) in [7, 11) is 4.16. The Balaban J connectivity index is 1.41. The fraction of sp³-hybridized carbons (Fsp3) is 0.320. The SMILES string of the molecule is CN(C)C1CCN(C(=O)c2cccc(Nc3ncc(Cl)c(NCc4cccc(F)c4)n3)c2)CC1. The van der Waals surface area contributed by atoms with E-state index < -0.39 is 0 Å². The minimum atomic E-state index is -0.299. The summed E-state index contributed by atoms with van der Waals surface area (Å²) in [6, 6.07) is 14.1. The highest BCUT2D eigenvalue weighted by Crippen LogP contribution is 2.23. The summed E-state index contributed by atoms with van der Waals surface area (Å²) in [6.07, 6.45) is 3.44. The van der Waals surface area contributed by atoms with Gasteiger partial charge in [-0.25, -0.2) is 9.37 Å². The summed E-state index contributed by atoms with van der Waals surface area (Å²) in [5, 5.41) is 6.61. The van der Waals surface area contributed by atoms with Gasteiger partial charge in [-0.05, 0) is 62.8 Å². The molecule has 1 aromatic heterocycles. The predicted molar refractivity (Wildman–Crippen MR) is 133 cm³/mol. The first-order valence-electron chi connectivity index (χ1n) is 11.2. The predicted octanol–water partition coefficient (Wildman–Crippen LogP) is 4.79. The van der Waals surface area contributed by atoms with Crippen LogP contribution < -0.4 is 10.6 Å². The third-order valence-corrected chi connectivity index (χ3v) is 6.22. The normalized spacial score (nSPS) is 14.3. The first-order chi connectivity index (χ1) is 16.4. The Bertz CT molecular complexity index is 1150. The number of carbonyl (C=O) groups excluding carboxylic acids is 1. The average molecular weight is 483 g/mol. The van der Waals surface area contributed by atoms with E-state index in [1.54, 1.807) is 12.1 Å². The Labute approximate surface area is 204 Å². The number of likely N-dealkylation sites (tertiary alicyclic amines) is 1. The zero-order valence-corrected chi connectivity index (χ0v) is 20.0. The molecule has 2 aromatic carbocycles. The Hall–Kier alpha value is -3.23. The molecule has 0 bridgehead atoms. The summed E-state index contributed by atoms with van der Waals surface area (Å²) in [5.74, 6) is 0.490. The molecular formula is C25H28ClFN6O. The largest absolute Gasteiger partial charge is 0.365 e. The summed E-state index contributed by atoms with van der Waals surface area (Å²) >= 11 is 6.24. The van der Waals surface area contributed by atoms with Crippen LogP contribution in [0.15, 0.2) is 54.7 Å². The van der Waals surface area contributed by atoms with Crippen molar-refractivity contribution in [2.45, 2.75) is 25.4 Å². The van der Waals surface area contributed by atoms with E-state index >= 15 is 0 Å². The van der Waals surface area contributed by atoms with Crippen molar-refractivity contribution in [2.24, 2.45) is 0 Å².